The Kier molecular flexibility index (Phi) is 5.81. The lowest BCUT2D eigenvalue weighted by Gasteiger charge is -2.32. The van der Waals surface area contributed by atoms with Gasteiger partial charge in [0.1, 0.15) is 0 Å². The number of hydrogen-bond donors (Lipinski definition) is 1. The summed E-state index contributed by atoms with van der Waals surface area (Å²) in [7, 11) is -2.20. The zero-order valence-corrected chi connectivity index (χ0v) is 19.5. The summed E-state index contributed by atoms with van der Waals surface area (Å²) < 4.78 is 16.0. The van der Waals surface area contributed by atoms with Gasteiger partial charge in [-0.3, -0.25) is 9.00 Å². The van der Waals surface area contributed by atoms with Gasteiger partial charge in [-0.1, -0.05) is 29.3 Å². The van der Waals surface area contributed by atoms with E-state index in [-0.39, 0.29) is 11.9 Å². The first-order valence-corrected chi connectivity index (χ1v) is 12.6. The molecule has 9 heteroatoms. The fourth-order valence-electron chi connectivity index (χ4n) is 3.95. The highest BCUT2D eigenvalue weighted by molar-refractivity contribution is 7.97. The van der Waals surface area contributed by atoms with Crippen molar-refractivity contribution < 1.29 is 9.00 Å². The van der Waals surface area contributed by atoms with Gasteiger partial charge in [0, 0.05) is 40.9 Å². The molecule has 1 unspecified atom stereocenters. The molecule has 164 valence electrons. The first-order valence-electron chi connectivity index (χ1n) is 10.1. The number of piperidine rings is 1. The monoisotopic (exact) mass is 459 g/mol. The molecular formula is C22H26ClN5O2S. The summed E-state index contributed by atoms with van der Waals surface area (Å²) in [5.41, 5.74) is 3.53. The van der Waals surface area contributed by atoms with Crippen LogP contribution in [0.25, 0.3) is 11.0 Å². The first-order chi connectivity index (χ1) is 14.6. The van der Waals surface area contributed by atoms with Crippen LogP contribution in [-0.4, -0.2) is 54.4 Å². The molecule has 0 radical (unpaired) electrons. The molecule has 1 aromatic carbocycles. The second-order valence-electron chi connectivity index (χ2n) is 8.15. The third-order valence-corrected chi connectivity index (χ3v) is 7.55. The summed E-state index contributed by atoms with van der Waals surface area (Å²) in [5.74, 6) is 3.47. The van der Waals surface area contributed by atoms with E-state index in [1.807, 2.05) is 47.1 Å². The van der Waals surface area contributed by atoms with Crippen LogP contribution in [0.4, 0.5) is 5.69 Å². The zero-order valence-electron chi connectivity index (χ0n) is 17.9. The van der Waals surface area contributed by atoms with Gasteiger partial charge in [-0.2, -0.15) is 5.10 Å². The Hall–Kier alpha value is -2.42. The van der Waals surface area contributed by atoms with Crippen LogP contribution >= 0.6 is 11.6 Å². The summed E-state index contributed by atoms with van der Waals surface area (Å²) >= 11 is 6.66. The molecule has 1 fully saturated rings. The maximum Gasteiger partial charge on any atom is 0.258 e. The average molecular weight is 460 g/mol. The molecule has 4 rings (SSSR count). The number of benzene rings is 1. The van der Waals surface area contributed by atoms with E-state index < -0.39 is 9.71 Å². The van der Waals surface area contributed by atoms with Crippen LogP contribution in [-0.2, 0) is 9.71 Å². The van der Waals surface area contributed by atoms with E-state index in [0.29, 0.717) is 40.4 Å². The summed E-state index contributed by atoms with van der Waals surface area (Å²) in [5, 5.41) is 8.60. The van der Waals surface area contributed by atoms with Gasteiger partial charge in [-0.15, -0.1) is 0 Å². The highest BCUT2D eigenvalue weighted by Crippen LogP contribution is 2.33. The van der Waals surface area contributed by atoms with Crippen LogP contribution in [0.2, 0.25) is 5.02 Å². The quantitative estimate of drug-likeness (QED) is 0.601. The van der Waals surface area contributed by atoms with Crippen molar-refractivity contribution in [2.24, 2.45) is 0 Å². The predicted molar refractivity (Wildman–Crippen MR) is 127 cm³/mol. The Morgan fingerprint density at radius 3 is 2.48 bits per heavy atom. The van der Waals surface area contributed by atoms with Crippen molar-refractivity contribution >= 4 is 49.8 Å². The molecule has 1 aliphatic heterocycles. The number of hydrogen-bond acceptors (Lipinski definition) is 4. The minimum Gasteiger partial charge on any atom is -0.322 e. The number of rotatable bonds is 4. The minimum absolute atomic E-state index is 0.130. The molecule has 1 N–H and O–H groups in total. The molecule has 0 saturated carbocycles. The fourth-order valence-corrected chi connectivity index (χ4v) is 5.29. The van der Waals surface area contributed by atoms with Gasteiger partial charge in [0.15, 0.2) is 5.65 Å². The molecule has 0 spiro atoms. The van der Waals surface area contributed by atoms with Crippen molar-refractivity contribution in [3.63, 3.8) is 0 Å². The standard InChI is InChI=1S/C22H26ClN5O2S/c1-14-5-7-16(8-6-14)25-22(29)18-13-24-21-19(20(18)23)15(2)26-28(21)17-9-11-27(12-10-17)31(3,4)30/h5-8,13,17H,3,9-12H2,1-2,4H3,(H,25,29). The van der Waals surface area contributed by atoms with Gasteiger partial charge in [0.25, 0.3) is 5.91 Å². The topological polar surface area (TPSA) is 80.1 Å². The summed E-state index contributed by atoms with van der Waals surface area (Å²) in [6.07, 6.45) is 4.78. The number of nitrogens with zero attached hydrogens (tertiary/aromatic N) is 4. The average Bonchev–Trinajstić information content (AvgIpc) is 3.06. The Labute approximate surface area is 187 Å². The van der Waals surface area contributed by atoms with E-state index >= 15 is 0 Å². The van der Waals surface area contributed by atoms with Crippen LogP contribution in [0.5, 0.6) is 0 Å². The maximum absolute atomic E-state index is 12.8. The first kappa shape index (κ1) is 21.8. The van der Waals surface area contributed by atoms with Crippen LogP contribution < -0.4 is 5.32 Å². The predicted octanol–water partition coefficient (Wildman–Crippen LogP) is 3.85. The van der Waals surface area contributed by atoms with Gasteiger partial charge in [-0.05, 0) is 44.7 Å². The molecule has 3 heterocycles. The van der Waals surface area contributed by atoms with E-state index in [4.69, 9.17) is 11.6 Å². The number of aryl methyl sites for hydroxylation is 2. The van der Waals surface area contributed by atoms with E-state index in [1.54, 1.807) is 6.26 Å². The highest BCUT2D eigenvalue weighted by atomic mass is 35.5. The molecule has 1 atom stereocenters. The number of nitrogens with one attached hydrogen (secondary N) is 1. The van der Waals surface area contributed by atoms with Crippen LogP contribution in [0.3, 0.4) is 0 Å². The number of carbonyl (C=O) groups is 1. The number of aromatic nitrogens is 3. The van der Waals surface area contributed by atoms with E-state index in [1.165, 1.54) is 6.20 Å². The van der Waals surface area contributed by atoms with Crippen LogP contribution in [0, 0.1) is 13.8 Å². The number of amides is 1. The molecular weight excluding hydrogens is 434 g/mol. The Balaban J connectivity index is 1.61. The summed E-state index contributed by atoms with van der Waals surface area (Å²) in [6.45, 7) is 5.24. The smallest absolute Gasteiger partial charge is 0.258 e. The van der Waals surface area contributed by atoms with Crippen molar-refractivity contribution in [1.29, 1.82) is 0 Å². The van der Waals surface area contributed by atoms with Crippen molar-refractivity contribution in [3.8, 4) is 0 Å². The van der Waals surface area contributed by atoms with Crippen molar-refractivity contribution in [2.45, 2.75) is 32.7 Å². The molecule has 1 amide bonds. The molecule has 0 bridgehead atoms. The van der Waals surface area contributed by atoms with Gasteiger partial charge in [-0.25, -0.2) is 14.0 Å². The second kappa shape index (κ2) is 8.26. The molecule has 1 aliphatic rings. The van der Waals surface area contributed by atoms with Crippen LogP contribution in [0.1, 0.15) is 40.5 Å². The lowest BCUT2D eigenvalue weighted by Crippen LogP contribution is -2.38. The van der Waals surface area contributed by atoms with Crippen molar-refractivity contribution in [2.75, 3.05) is 24.7 Å². The molecule has 1 saturated heterocycles. The van der Waals surface area contributed by atoms with Gasteiger partial charge < -0.3 is 5.32 Å². The van der Waals surface area contributed by atoms with Gasteiger partial charge in [0.2, 0.25) is 0 Å². The largest absolute Gasteiger partial charge is 0.322 e. The highest BCUT2D eigenvalue weighted by Gasteiger charge is 2.27. The Bertz CT molecular complexity index is 1240. The lowest BCUT2D eigenvalue weighted by atomic mass is 10.1. The summed E-state index contributed by atoms with van der Waals surface area (Å²) in [4.78, 5) is 17.4. The molecule has 0 aliphatic carbocycles. The lowest BCUT2D eigenvalue weighted by molar-refractivity contribution is 0.102. The van der Waals surface area contributed by atoms with Crippen molar-refractivity contribution in [3.05, 3.63) is 52.3 Å². The molecule has 3 aromatic rings. The molecule has 7 nitrogen and oxygen atoms in total. The Morgan fingerprint density at radius 2 is 1.87 bits per heavy atom. The second-order valence-corrected chi connectivity index (χ2v) is 11.0. The Morgan fingerprint density at radius 1 is 1.23 bits per heavy atom. The minimum atomic E-state index is -2.20. The number of halogens is 1. The number of pyridine rings is 1. The van der Waals surface area contributed by atoms with Gasteiger partial charge >= 0.3 is 0 Å². The van der Waals surface area contributed by atoms with Crippen molar-refractivity contribution in [1.82, 2.24) is 19.1 Å². The van der Waals surface area contributed by atoms with E-state index in [0.717, 1.165) is 24.1 Å². The normalized spacial score (nSPS) is 17.5. The van der Waals surface area contributed by atoms with Crippen LogP contribution in [0.15, 0.2) is 30.5 Å². The fraction of sp³-hybridized carbons (Fsp3) is 0.364. The number of anilines is 1. The molecule has 2 aromatic heterocycles. The molecule has 31 heavy (non-hydrogen) atoms. The third kappa shape index (κ3) is 4.33. The third-order valence-electron chi connectivity index (χ3n) is 5.70. The van der Waals surface area contributed by atoms with E-state index in [2.05, 4.69) is 21.3 Å². The summed E-state index contributed by atoms with van der Waals surface area (Å²) in [6, 6.07) is 7.70. The zero-order chi connectivity index (χ0) is 22.3. The van der Waals surface area contributed by atoms with E-state index in [9.17, 15) is 9.00 Å². The van der Waals surface area contributed by atoms with Gasteiger partial charge in [0.05, 0.1) is 27.7 Å². The number of carbonyl (C=O) groups excluding carboxylic acids is 1. The maximum atomic E-state index is 12.8. The number of fused-ring (bicyclic) bond motifs is 1. The SMILES string of the molecule is C=S(C)(=O)N1CCC(n2nc(C)c3c(Cl)c(C(=O)Nc4ccc(C)cc4)cnc32)CC1.